The van der Waals surface area contributed by atoms with Gasteiger partial charge in [-0.15, -0.1) is 0 Å². The minimum absolute atomic E-state index is 0.501. The van der Waals surface area contributed by atoms with Gasteiger partial charge in [0, 0.05) is 18.4 Å². The summed E-state index contributed by atoms with van der Waals surface area (Å²) in [6.45, 7) is 0. The second-order valence-electron chi connectivity index (χ2n) is 4.00. The lowest BCUT2D eigenvalue weighted by Crippen LogP contribution is -2.07. The summed E-state index contributed by atoms with van der Waals surface area (Å²) >= 11 is 5.24. The number of imidazole rings is 1. The minimum Gasteiger partial charge on any atom is -0.337 e. The first-order chi connectivity index (χ1) is 7.34. The van der Waals surface area contributed by atoms with Gasteiger partial charge >= 0.3 is 0 Å². The molecule has 0 fully saturated rings. The average molecular weight is 216 g/mol. The third kappa shape index (κ3) is 1.43. The van der Waals surface area contributed by atoms with Gasteiger partial charge in [-0.1, -0.05) is 24.3 Å². The molecule has 1 aromatic carbocycles. The van der Waals surface area contributed by atoms with Crippen LogP contribution in [0.2, 0.25) is 0 Å². The lowest BCUT2D eigenvalue weighted by molar-refractivity contribution is 0.523. The zero-order chi connectivity index (χ0) is 10.3. The Bertz CT molecular complexity index is 513. The van der Waals surface area contributed by atoms with Gasteiger partial charge < -0.3 is 9.55 Å². The maximum atomic E-state index is 5.24. The van der Waals surface area contributed by atoms with E-state index >= 15 is 0 Å². The molecule has 0 amide bonds. The summed E-state index contributed by atoms with van der Waals surface area (Å²) in [6, 6.07) is 9.15. The number of aromatic amines is 1. The molecule has 0 spiro atoms. The van der Waals surface area contributed by atoms with Crippen molar-refractivity contribution >= 4 is 12.2 Å². The van der Waals surface area contributed by atoms with E-state index in [2.05, 4.69) is 33.8 Å². The monoisotopic (exact) mass is 216 g/mol. The summed E-state index contributed by atoms with van der Waals surface area (Å²) in [5.74, 6) is 0. The van der Waals surface area contributed by atoms with E-state index in [1.165, 1.54) is 11.1 Å². The summed E-state index contributed by atoms with van der Waals surface area (Å²) in [5, 5.41) is 0. The number of H-pyrrole nitrogens is 1. The molecular weight excluding hydrogens is 204 g/mol. The van der Waals surface area contributed by atoms with Gasteiger partial charge in [0.1, 0.15) is 0 Å². The molecule has 2 aromatic rings. The van der Waals surface area contributed by atoms with Gasteiger partial charge in [-0.05, 0) is 36.2 Å². The molecule has 0 unspecified atom stereocenters. The molecule has 1 aliphatic rings. The summed E-state index contributed by atoms with van der Waals surface area (Å²) in [4.78, 5) is 3.05. The van der Waals surface area contributed by atoms with Crippen LogP contribution in [0.4, 0.5) is 0 Å². The van der Waals surface area contributed by atoms with Gasteiger partial charge in [-0.25, -0.2) is 0 Å². The molecule has 1 aliphatic carbocycles. The Hall–Kier alpha value is -1.35. The van der Waals surface area contributed by atoms with Crippen LogP contribution in [0.15, 0.2) is 36.7 Å². The summed E-state index contributed by atoms with van der Waals surface area (Å²) < 4.78 is 2.99. The van der Waals surface area contributed by atoms with E-state index in [1.807, 2.05) is 12.4 Å². The van der Waals surface area contributed by atoms with Crippen LogP contribution in [-0.4, -0.2) is 9.55 Å². The second kappa shape index (κ2) is 3.35. The number of fused-ring (bicyclic) bond motifs is 1. The van der Waals surface area contributed by atoms with Crippen molar-refractivity contribution in [1.82, 2.24) is 9.55 Å². The summed E-state index contributed by atoms with van der Waals surface area (Å²) in [6.07, 6.45) is 6.15. The maximum absolute atomic E-state index is 5.24. The molecule has 3 heteroatoms. The van der Waals surface area contributed by atoms with Crippen molar-refractivity contribution in [2.75, 3.05) is 0 Å². The number of aromatic nitrogens is 2. The lowest BCUT2D eigenvalue weighted by Gasteiger charge is -2.09. The van der Waals surface area contributed by atoms with Crippen LogP contribution in [0.5, 0.6) is 0 Å². The fourth-order valence-electron chi connectivity index (χ4n) is 2.35. The van der Waals surface area contributed by atoms with Crippen LogP contribution >= 0.6 is 12.2 Å². The first-order valence-electron chi connectivity index (χ1n) is 5.17. The number of nitrogens with one attached hydrogen (secondary N) is 1. The Labute approximate surface area is 93.6 Å². The molecule has 2 nitrogen and oxygen atoms in total. The van der Waals surface area contributed by atoms with Crippen LogP contribution in [0.1, 0.15) is 17.2 Å². The molecule has 76 valence electrons. The van der Waals surface area contributed by atoms with E-state index in [0.29, 0.717) is 6.04 Å². The fourth-order valence-corrected chi connectivity index (χ4v) is 2.63. The molecule has 0 atom stereocenters. The molecule has 0 radical (unpaired) electrons. The molecule has 0 saturated carbocycles. The Morgan fingerprint density at radius 1 is 1.20 bits per heavy atom. The van der Waals surface area contributed by atoms with Crippen LogP contribution < -0.4 is 0 Å². The van der Waals surface area contributed by atoms with Crippen molar-refractivity contribution in [1.29, 1.82) is 0 Å². The third-order valence-corrected chi connectivity index (χ3v) is 3.43. The summed E-state index contributed by atoms with van der Waals surface area (Å²) in [7, 11) is 0. The van der Waals surface area contributed by atoms with E-state index in [9.17, 15) is 0 Å². The van der Waals surface area contributed by atoms with E-state index in [-0.39, 0.29) is 0 Å². The maximum Gasteiger partial charge on any atom is 0.177 e. The predicted molar refractivity (Wildman–Crippen MR) is 62.5 cm³/mol. The summed E-state index contributed by atoms with van der Waals surface area (Å²) in [5.41, 5.74) is 2.93. The highest BCUT2D eigenvalue weighted by Gasteiger charge is 2.22. The Kier molecular flexibility index (Phi) is 1.99. The zero-order valence-electron chi connectivity index (χ0n) is 8.31. The Morgan fingerprint density at radius 3 is 2.40 bits per heavy atom. The third-order valence-electron chi connectivity index (χ3n) is 3.10. The minimum atomic E-state index is 0.501. The van der Waals surface area contributed by atoms with Gasteiger partial charge in [0.2, 0.25) is 0 Å². The topological polar surface area (TPSA) is 20.7 Å². The zero-order valence-corrected chi connectivity index (χ0v) is 9.13. The van der Waals surface area contributed by atoms with Crippen molar-refractivity contribution in [2.45, 2.75) is 18.9 Å². The van der Waals surface area contributed by atoms with Crippen molar-refractivity contribution in [3.63, 3.8) is 0 Å². The number of benzene rings is 1. The molecule has 1 N–H and O–H groups in total. The molecule has 1 heterocycles. The number of nitrogens with zero attached hydrogens (tertiary/aromatic N) is 1. The van der Waals surface area contributed by atoms with Gasteiger partial charge in [0.15, 0.2) is 4.77 Å². The van der Waals surface area contributed by atoms with Crippen molar-refractivity contribution in [2.24, 2.45) is 0 Å². The Morgan fingerprint density at radius 2 is 1.87 bits per heavy atom. The van der Waals surface area contributed by atoms with Crippen LogP contribution in [-0.2, 0) is 12.8 Å². The van der Waals surface area contributed by atoms with Gasteiger partial charge in [0.25, 0.3) is 0 Å². The van der Waals surface area contributed by atoms with Crippen molar-refractivity contribution in [3.05, 3.63) is 52.6 Å². The lowest BCUT2D eigenvalue weighted by atomic mass is 10.1. The van der Waals surface area contributed by atoms with E-state index in [4.69, 9.17) is 12.2 Å². The highest BCUT2D eigenvalue weighted by Crippen LogP contribution is 2.29. The van der Waals surface area contributed by atoms with Gasteiger partial charge in [-0.2, -0.15) is 0 Å². The van der Waals surface area contributed by atoms with E-state index < -0.39 is 0 Å². The SMILES string of the molecule is S=c1[nH]ccn1C1Cc2ccccc2C1. The van der Waals surface area contributed by atoms with E-state index in [0.717, 1.165) is 17.6 Å². The van der Waals surface area contributed by atoms with Crippen molar-refractivity contribution < 1.29 is 0 Å². The molecule has 1 aromatic heterocycles. The fraction of sp³-hybridized carbons (Fsp3) is 0.250. The largest absolute Gasteiger partial charge is 0.337 e. The first kappa shape index (κ1) is 8.92. The highest BCUT2D eigenvalue weighted by atomic mass is 32.1. The van der Waals surface area contributed by atoms with Crippen LogP contribution in [0, 0.1) is 4.77 Å². The number of rotatable bonds is 1. The number of hydrogen-bond acceptors (Lipinski definition) is 1. The standard InChI is InChI=1S/C12H12N2S/c15-12-13-5-6-14(12)11-7-9-3-1-2-4-10(9)8-11/h1-6,11H,7-8H2,(H,13,15). The van der Waals surface area contributed by atoms with Gasteiger partial charge in [0.05, 0.1) is 0 Å². The highest BCUT2D eigenvalue weighted by molar-refractivity contribution is 7.71. The van der Waals surface area contributed by atoms with Crippen molar-refractivity contribution in [3.8, 4) is 0 Å². The van der Waals surface area contributed by atoms with Crippen LogP contribution in [0.3, 0.4) is 0 Å². The molecule has 0 aliphatic heterocycles. The number of hydrogen-bond donors (Lipinski definition) is 1. The quantitative estimate of drug-likeness (QED) is 0.727. The average Bonchev–Trinajstić information content (AvgIpc) is 2.82. The molecule has 0 bridgehead atoms. The molecular formula is C12H12N2S. The molecule has 15 heavy (non-hydrogen) atoms. The second-order valence-corrected chi connectivity index (χ2v) is 4.39. The van der Waals surface area contributed by atoms with E-state index in [1.54, 1.807) is 0 Å². The van der Waals surface area contributed by atoms with Gasteiger partial charge in [-0.3, -0.25) is 0 Å². The first-order valence-corrected chi connectivity index (χ1v) is 5.58. The Balaban J connectivity index is 1.97. The smallest absolute Gasteiger partial charge is 0.177 e. The normalized spacial score (nSPS) is 15.5. The van der Waals surface area contributed by atoms with Crippen LogP contribution in [0.25, 0.3) is 0 Å². The predicted octanol–water partition coefficient (Wildman–Crippen LogP) is 2.89. The molecule has 3 rings (SSSR count). The molecule has 0 saturated heterocycles.